The number of ether oxygens (including phenoxy) is 1. The van der Waals surface area contributed by atoms with Crippen LogP contribution in [0.15, 0.2) is 18.2 Å². The third kappa shape index (κ3) is 2.07. The number of methoxy groups -OCH3 is 1. The summed E-state index contributed by atoms with van der Waals surface area (Å²) in [6, 6.07) is 5.15. The number of benzene rings is 1. The molecular formula is C10H14N4O2. The van der Waals surface area contributed by atoms with E-state index in [0.717, 1.165) is 16.9 Å². The van der Waals surface area contributed by atoms with Gasteiger partial charge in [0.05, 0.1) is 18.5 Å². The molecule has 1 aromatic rings. The number of hydrazine groups is 2. The molecule has 0 spiro atoms. The van der Waals surface area contributed by atoms with Gasteiger partial charge in [-0.3, -0.25) is 4.79 Å². The van der Waals surface area contributed by atoms with E-state index in [1.54, 1.807) is 0 Å². The number of carbonyl (C=O) groups excluding carboxylic acids is 1. The van der Waals surface area contributed by atoms with Crippen LogP contribution in [0.25, 0.3) is 0 Å². The van der Waals surface area contributed by atoms with Crippen molar-refractivity contribution in [3.05, 3.63) is 23.8 Å². The van der Waals surface area contributed by atoms with Gasteiger partial charge in [-0.25, -0.2) is 0 Å². The lowest BCUT2D eigenvalue weighted by molar-refractivity contribution is -0.142. The zero-order valence-corrected chi connectivity index (χ0v) is 8.91. The Labute approximate surface area is 93.1 Å². The van der Waals surface area contributed by atoms with Gasteiger partial charge in [0, 0.05) is 0 Å². The Kier molecular flexibility index (Phi) is 2.93. The van der Waals surface area contributed by atoms with Crippen LogP contribution in [0.4, 0.5) is 11.4 Å². The van der Waals surface area contributed by atoms with Gasteiger partial charge in [0.25, 0.3) is 0 Å². The Balaban J connectivity index is 2.08. The molecule has 0 fully saturated rings. The number of hydrogen-bond acceptors (Lipinski definition) is 6. The van der Waals surface area contributed by atoms with Crippen molar-refractivity contribution in [1.82, 2.24) is 5.53 Å². The van der Waals surface area contributed by atoms with Crippen LogP contribution in [0.1, 0.15) is 5.56 Å². The zero-order valence-electron chi connectivity index (χ0n) is 8.91. The van der Waals surface area contributed by atoms with Gasteiger partial charge >= 0.3 is 5.97 Å². The Bertz CT molecular complexity index is 408. The summed E-state index contributed by atoms with van der Waals surface area (Å²) in [5.74, 6) is -0.398. The fourth-order valence-electron chi connectivity index (χ4n) is 1.59. The monoisotopic (exact) mass is 222 g/mol. The third-order valence-electron chi connectivity index (χ3n) is 2.44. The quantitative estimate of drug-likeness (QED) is 0.538. The van der Waals surface area contributed by atoms with Gasteiger partial charge in [-0.2, -0.15) is 0 Å². The summed E-state index contributed by atoms with van der Waals surface area (Å²) in [7, 11) is 1.33. The maximum Gasteiger partial charge on any atom is 0.322 e. The normalized spacial score (nSPS) is 14.6. The van der Waals surface area contributed by atoms with Gasteiger partial charge in [0.15, 0.2) is 0 Å². The first kappa shape index (κ1) is 10.7. The molecule has 0 saturated carbocycles. The van der Waals surface area contributed by atoms with E-state index in [1.807, 2.05) is 18.2 Å². The van der Waals surface area contributed by atoms with Crippen LogP contribution in [0.3, 0.4) is 0 Å². The first-order chi connectivity index (χ1) is 7.70. The zero-order chi connectivity index (χ0) is 11.5. The summed E-state index contributed by atoms with van der Waals surface area (Å²) >= 11 is 0. The minimum Gasteiger partial charge on any atom is -0.468 e. The summed E-state index contributed by atoms with van der Waals surface area (Å²) in [5, 5.41) is 0. The van der Waals surface area contributed by atoms with E-state index in [9.17, 15) is 4.79 Å². The largest absolute Gasteiger partial charge is 0.468 e. The van der Waals surface area contributed by atoms with Crippen molar-refractivity contribution in [3.8, 4) is 0 Å². The third-order valence-corrected chi connectivity index (χ3v) is 2.44. The highest BCUT2D eigenvalue weighted by molar-refractivity contribution is 5.76. The fraction of sp³-hybridized carbons (Fsp3) is 0.300. The molecule has 2 rings (SSSR count). The molecule has 6 heteroatoms. The van der Waals surface area contributed by atoms with E-state index in [1.165, 1.54) is 7.11 Å². The van der Waals surface area contributed by atoms with Crippen LogP contribution in [0.2, 0.25) is 0 Å². The van der Waals surface area contributed by atoms with E-state index >= 15 is 0 Å². The van der Waals surface area contributed by atoms with Gasteiger partial charge < -0.3 is 21.3 Å². The SMILES string of the molecule is COC(=O)[C@H](N)Cc1ccc2c(c1)NNN2. The predicted octanol–water partition coefficient (Wildman–Crippen LogP) is -0.0136. The maximum atomic E-state index is 11.2. The first-order valence-electron chi connectivity index (χ1n) is 4.94. The van der Waals surface area contributed by atoms with E-state index in [2.05, 4.69) is 21.1 Å². The average Bonchev–Trinajstić information content (AvgIpc) is 2.75. The Hall–Kier alpha value is -1.79. The number of nitrogens with one attached hydrogen (secondary N) is 3. The van der Waals surface area contributed by atoms with Crippen molar-refractivity contribution in [1.29, 1.82) is 0 Å². The number of nitrogens with two attached hydrogens (primary N) is 1. The van der Waals surface area contributed by atoms with E-state index in [4.69, 9.17) is 5.73 Å². The highest BCUT2D eigenvalue weighted by Gasteiger charge is 2.16. The van der Waals surface area contributed by atoms with Gasteiger partial charge in [0.2, 0.25) is 0 Å². The fourth-order valence-corrected chi connectivity index (χ4v) is 1.59. The molecule has 1 heterocycles. The van der Waals surface area contributed by atoms with Crippen molar-refractivity contribution in [2.75, 3.05) is 18.0 Å². The van der Waals surface area contributed by atoms with Gasteiger partial charge in [-0.15, -0.1) is 5.53 Å². The molecular weight excluding hydrogens is 208 g/mol. The molecule has 86 valence electrons. The second-order valence-electron chi connectivity index (χ2n) is 3.59. The topological polar surface area (TPSA) is 88.4 Å². The van der Waals surface area contributed by atoms with Crippen LogP contribution in [-0.4, -0.2) is 19.1 Å². The molecule has 0 saturated heterocycles. The lowest BCUT2D eigenvalue weighted by Gasteiger charge is -2.09. The highest BCUT2D eigenvalue weighted by Crippen LogP contribution is 2.25. The Morgan fingerprint density at radius 1 is 1.44 bits per heavy atom. The lowest BCUT2D eigenvalue weighted by Crippen LogP contribution is -2.33. The summed E-state index contributed by atoms with van der Waals surface area (Å²) in [6.45, 7) is 0. The summed E-state index contributed by atoms with van der Waals surface area (Å²) in [6.07, 6.45) is 0.460. The minimum atomic E-state index is -0.620. The van der Waals surface area contributed by atoms with Gasteiger partial charge in [-0.05, 0) is 24.1 Å². The lowest BCUT2D eigenvalue weighted by atomic mass is 10.1. The summed E-state index contributed by atoms with van der Waals surface area (Å²) in [4.78, 5) is 11.2. The van der Waals surface area contributed by atoms with Crippen molar-refractivity contribution >= 4 is 17.3 Å². The highest BCUT2D eigenvalue weighted by atomic mass is 16.5. The molecule has 1 aliphatic rings. The van der Waals surface area contributed by atoms with Crippen LogP contribution in [-0.2, 0) is 16.0 Å². The molecule has 0 amide bonds. The first-order valence-corrected chi connectivity index (χ1v) is 4.94. The van der Waals surface area contributed by atoms with Crippen molar-refractivity contribution in [3.63, 3.8) is 0 Å². The molecule has 0 aromatic heterocycles. The molecule has 1 aliphatic heterocycles. The van der Waals surface area contributed by atoms with Crippen LogP contribution >= 0.6 is 0 Å². The number of fused-ring (bicyclic) bond motifs is 1. The molecule has 0 bridgehead atoms. The number of anilines is 2. The van der Waals surface area contributed by atoms with E-state index in [-0.39, 0.29) is 0 Å². The summed E-state index contributed by atoms with van der Waals surface area (Å²) < 4.78 is 4.57. The maximum absolute atomic E-state index is 11.2. The summed E-state index contributed by atoms with van der Waals surface area (Å²) in [5.41, 5.74) is 17.2. The molecule has 1 atom stereocenters. The van der Waals surface area contributed by atoms with Crippen molar-refractivity contribution < 1.29 is 9.53 Å². The molecule has 0 aliphatic carbocycles. The molecule has 16 heavy (non-hydrogen) atoms. The molecule has 6 nitrogen and oxygen atoms in total. The van der Waals surface area contributed by atoms with Crippen molar-refractivity contribution in [2.45, 2.75) is 12.5 Å². The van der Waals surface area contributed by atoms with Crippen LogP contribution in [0.5, 0.6) is 0 Å². The Morgan fingerprint density at radius 2 is 2.19 bits per heavy atom. The standard InChI is InChI=1S/C10H14N4O2/c1-16-10(15)7(11)4-6-2-3-8-9(5-6)13-14-12-8/h2-3,5,7,12-14H,4,11H2,1H3/t7-/m1/s1. The van der Waals surface area contributed by atoms with Crippen molar-refractivity contribution in [2.24, 2.45) is 5.73 Å². The second-order valence-corrected chi connectivity index (χ2v) is 3.59. The molecule has 1 aromatic carbocycles. The Morgan fingerprint density at radius 3 is 2.94 bits per heavy atom. The average molecular weight is 222 g/mol. The number of esters is 1. The van der Waals surface area contributed by atoms with E-state index < -0.39 is 12.0 Å². The number of carbonyl (C=O) groups is 1. The van der Waals surface area contributed by atoms with Gasteiger partial charge in [0.1, 0.15) is 6.04 Å². The molecule has 5 N–H and O–H groups in total. The van der Waals surface area contributed by atoms with Gasteiger partial charge in [-0.1, -0.05) is 6.07 Å². The number of hydrogen-bond donors (Lipinski definition) is 4. The smallest absolute Gasteiger partial charge is 0.322 e. The minimum absolute atomic E-state index is 0.398. The second kappa shape index (κ2) is 4.38. The van der Waals surface area contributed by atoms with Crippen LogP contribution in [0, 0.1) is 0 Å². The molecule has 0 unspecified atom stereocenters. The molecule has 0 radical (unpaired) electrons. The number of rotatable bonds is 3. The predicted molar refractivity (Wildman–Crippen MR) is 60.5 cm³/mol. The van der Waals surface area contributed by atoms with E-state index in [0.29, 0.717) is 6.42 Å². The van der Waals surface area contributed by atoms with Crippen LogP contribution < -0.4 is 22.1 Å².